The van der Waals surface area contributed by atoms with Gasteiger partial charge in [-0.1, -0.05) is 30.3 Å². The molecule has 0 radical (unpaired) electrons. The molecule has 7 rings (SSSR count). The first-order valence-corrected chi connectivity index (χ1v) is 12.7. The summed E-state index contributed by atoms with van der Waals surface area (Å²) in [6.07, 6.45) is 7.45. The van der Waals surface area contributed by atoms with E-state index in [1.807, 2.05) is 42.5 Å². The zero-order chi connectivity index (χ0) is 24.2. The fourth-order valence-electron chi connectivity index (χ4n) is 7.59. The van der Waals surface area contributed by atoms with Crippen LogP contribution in [0, 0.1) is 23.2 Å². The molecule has 4 saturated carbocycles. The molecule has 4 amide bonds. The first-order valence-electron chi connectivity index (χ1n) is 12.7. The Morgan fingerprint density at radius 1 is 0.857 bits per heavy atom. The molecule has 182 valence electrons. The Kier molecular flexibility index (Phi) is 5.31. The zero-order valence-electron chi connectivity index (χ0n) is 20.1. The Hall–Kier alpha value is -3.35. The lowest BCUT2D eigenvalue weighted by molar-refractivity contribution is -0.129. The minimum absolute atomic E-state index is 0.0975. The third-order valence-corrected chi connectivity index (χ3v) is 8.59. The lowest BCUT2D eigenvalue weighted by Gasteiger charge is -2.57. The van der Waals surface area contributed by atoms with E-state index in [1.165, 1.54) is 24.2 Å². The fraction of sp³-hybridized carbons (Fsp3) is 0.464. The second kappa shape index (κ2) is 8.40. The van der Waals surface area contributed by atoms with E-state index in [0.717, 1.165) is 42.7 Å². The number of carbonyl (C=O) groups excluding carboxylic acids is 3. The second-order valence-corrected chi connectivity index (χ2v) is 11.1. The lowest BCUT2D eigenvalue weighted by atomic mass is 9.49. The van der Waals surface area contributed by atoms with Gasteiger partial charge in [-0.25, -0.2) is 4.79 Å². The van der Waals surface area contributed by atoms with Gasteiger partial charge in [0, 0.05) is 19.3 Å². The van der Waals surface area contributed by atoms with Crippen molar-refractivity contribution in [2.75, 3.05) is 28.7 Å². The van der Waals surface area contributed by atoms with Crippen LogP contribution in [0.3, 0.4) is 0 Å². The number of hydrogen-bond donors (Lipinski definition) is 2. The van der Waals surface area contributed by atoms with E-state index in [1.54, 1.807) is 24.1 Å². The average Bonchev–Trinajstić information content (AvgIpc) is 2.90. The highest BCUT2D eigenvalue weighted by atomic mass is 16.2. The molecule has 2 aromatic rings. The molecular formula is C28H32N4O3. The summed E-state index contributed by atoms with van der Waals surface area (Å²) in [7, 11) is 1.67. The van der Waals surface area contributed by atoms with Crippen molar-refractivity contribution in [3.63, 3.8) is 0 Å². The normalized spacial score (nSPS) is 31.2. The molecule has 1 heterocycles. The molecule has 0 aromatic heterocycles. The van der Waals surface area contributed by atoms with Crippen LogP contribution in [0.2, 0.25) is 0 Å². The highest BCUT2D eigenvalue weighted by molar-refractivity contribution is 6.21. The van der Waals surface area contributed by atoms with E-state index in [4.69, 9.17) is 0 Å². The van der Waals surface area contributed by atoms with Crippen LogP contribution in [0.15, 0.2) is 54.6 Å². The van der Waals surface area contributed by atoms with Gasteiger partial charge in [-0.15, -0.1) is 0 Å². The Labute approximate surface area is 205 Å². The topological polar surface area (TPSA) is 81.8 Å². The van der Waals surface area contributed by atoms with Gasteiger partial charge in [0.2, 0.25) is 0 Å². The quantitative estimate of drug-likeness (QED) is 0.647. The molecule has 35 heavy (non-hydrogen) atoms. The maximum Gasteiger partial charge on any atom is 0.320 e. The third-order valence-electron chi connectivity index (χ3n) is 8.59. The van der Waals surface area contributed by atoms with Crippen LogP contribution in [0.25, 0.3) is 0 Å². The molecule has 1 atom stereocenters. The van der Waals surface area contributed by atoms with E-state index in [2.05, 4.69) is 10.6 Å². The van der Waals surface area contributed by atoms with Gasteiger partial charge in [-0.3, -0.25) is 9.59 Å². The van der Waals surface area contributed by atoms with Gasteiger partial charge in [0.15, 0.2) is 6.04 Å². The van der Waals surface area contributed by atoms with E-state index in [-0.39, 0.29) is 11.3 Å². The number of fused-ring (bicyclic) bond motifs is 1. The molecule has 4 bridgehead atoms. The molecule has 1 unspecified atom stereocenters. The summed E-state index contributed by atoms with van der Waals surface area (Å²) < 4.78 is 0. The smallest absolute Gasteiger partial charge is 0.318 e. The number of carbonyl (C=O) groups is 3. The van der Waals surface area contributed by atoms with Crippen molar-refractivity contribution in [1.82, 2.24) is 5.32 Å². The van der Waals surface area contributed by atoms with E-state index in [0.29, 0.717) is 17.9 Å². The first kappa shape index (κ1) is 22.1. The Morgan fingerprint density at radius 2 is 1.43 bits per heavy atom. The minimum atomic E-state index is -1.29. The van der Waals surface area contributed by atoms with Gasteiger partial charge >= 0.3 is 6.03 Å². The summed E-state index contributed by atoms with van der Waals surface area (Å²) in [6.45, 7) is 0.603. The molecule has 4 aliphatic carbocycles. The van der Waals surface area contributed by atoms with Crippen molar-refractivity contribution in [1.29, 1.82) is 0 Å². The predicted octanol–water partition coefficient (Wildman–Crippen LogP) is 4.40. The van der Waals surface area contributed by atoms with Crippen LogP contribution in [0.4, 0.5) is 21.9 Å². The minimum Gasteiger partial charge on any atom is -0.318 e. The summed E-state index contributed by atoms with van der Waals surface area (Å²) in [6, 6.07) is 14.7. The monoisotopic (exact) mass is 472 g/mol. The van der Waals surface area contributed by atoms with Gasteiger partial charge in [-0.2, -0.15) is 0 Å². The van der Waals surface area contributed by atoms with Crippen LogP contribution in [0.5, 0.6) is 0 Å². The molecule has 0 spiro atoms. The molecule has 1 aliphatic heterocycles. The Balaban J connectivity index is 1.31. The number of nitrogens with zero attached hydrogens (tertiary/aromatic N) is 2. The van der Waals surface area contributed by atoms with E-state index in [9.17, 15) is 14.4 Å². The summed E-state index contributed by atoms with van der Waals surface area (Å²) in [5.41, 5.74) is 2.14. The highest BCUT2D eigenvalue weighted by Crippen LogP contribution is 2.60. The first-order chi connectivity index (χ1) is 16.9. The van der Waals surface area contributed by atoms with E-state index >= 15 is 0 Å². The van der Waals surface area contributed by atoms with Gasteiger partial charge in [0.1, 0.15) is 0 Å². The van der Waals surface area contributed by atoms with Gasteiger partial charge < -0.3 is 20.4 Å². The third kappa shape index (κ3) is 3.97. The Bertz CT molecular complexity index is 1130. The lowest BCUT2D eigenvalue weighted by Crippen LogP contribution is -2.58. The maximum absolute atomic E-state index is 14.0. The molecule has 2 aromatic carbocycles. The molecule has 5 aliphatic rings. The molecule has 7 heteroatoms. The van der Waals surface area contributed by atoms with Crippen molar-refractivity contribution < 1.29 is 14.4 Å². The van der Waals surface area contributed by atoms with Crippen molar-refractivity contribution >= 4 is 34.9 Å². The van der Waals surface area contributed by atoms with Gasteiger partial charge in [-0.05, 0) is 86.0 Å². The average molecular weight is 473 g/mol. The van der Waals surface area contributed by atoms with Crippen molar-refractivity contribution in [3.05, 3.63) is 54.6 Å². The summed E-state index contributed by atoms with van der Waals surface area (Å²) in [4.78, 5) is 43.6. The molecule has 4 fully saturated rings. The largest absolute Gasteiger partial charge is 0.320 e. The molecule has 7 nitrogen and oxygen atoms in total. The van der Waals surface area contributed by atoms with Crippen LogP contribution >= 0.6 is 0 Å². The van der Waals surface area contributed by atoms with Crippen LogP contribution in [-0.2, 0) is 9.59 Å². The summed E-state index contributed by atoms with van der Waals surface area (Å²) >= 11 is 0. The molecule has 0 saturated heterocycles. The van der Waals surface area contributed by atoms with Crippen LogP contribution in [-0.4, -0.2) is 37.5 Å². The van der Waals surface area contributed by atoms with Crippen LogP contribution in [0.1, 0.15) is 38.5 Å². The zero-order valence-corrected chi connectivity index (χ0v) is 20.1. The van der Waals surface area contributed by atoms with Crippen molar-refractivity contribution in [3.8, 4) is 0 Å². The van der Waals surface area contributed by atoms with Crippen LogP contribution < -0.4 is 20.4 Å². The number of anilines is 3. The van der Waals surface area contributed by atoms with Gasteiger partial charge in [0.05, 0.1) is 11.4 Å². The second-order valence-electron chi connectivity index (χ2n) is 11.1. The number of hydrogen-bond acceptors (Lipinski definition) is 3. The standard InChI is InChI=1S/C28H32N4O3/c1-31-22-9-5-6-10-23(22)32(17-28-14-18-11-19(15-28)13-20(12-18)16-28)26(34)24(25(31)33)30-27(35)29-21-7-3-2-4-8-21/h2-10,18-20,24H,11-17H2,1H3,(H2,29,30,35). The number of urea groups is 1. The number of rotatable bonds is 4. The van der Waals surface area contributed by atoms with Gasteiger partial charge in [0.25, 0.3) is 11.8 Å². The number of amides is 4. The number of para-hydroxylation sites is 3. The predicted molar refractivity (Wildman–Crippen MR) is 135 cm³/mol. The number of likely N-dealkylation sites (N-methyl/N-ethyl adjacent to an activating group) is 1. The number of nitrogens with one attached hydrogen (secondary N) is 2. The Morgan fingerprint density at radius 3 is 2.06 bits per heavy atom. The van der Waals surface area contributed by atoms with Crippen molar-refractivity contribution in [2.24, 2.45) is 23.2 Å². The van der Waals surface area contributed by atoms with E-state index < -0.39 is 18.0 Å². The molecule has 2 N–H and O–H groups in total. The summed E-state index contributed by atoms with van der Waals surface area (Å²) in [5.74, 6) is 1.49. The summed E-state index contributed by atoms with van der Waals surface area (Å²) in [5, 5.41) is 5.41. The highest BCUT2D eigenvalue weighted by Gasteiger charge is 2.53. The van der Waals surface area contributed by atoms with Crippen molar-refractivity contribution in [2.45, 2.75) is 44.6 Å². The molecular weight excluding hydrogens is 440 g/mol. The SMILES string of the molecule is CN1C(=O)C(NC(=O)Nc2ccccc2)C(=O)N(CC23CC4CC(CC(C4)C2)C3)c2ccccc21. The number of benzene rings is 2. The fourth-order valence-corrected chi connectivity index (χ4v) is 7.59. The maximum atomic E-state index is 14.0.